The van der Waals surface area contributed by atoms with E-state index in [1.807, 2.05) is 13.0 Å². The molecule has 0 heterocycles. The van der Waals surface area contributed by atoms with Gasteiger partial charge in [0.25, 0.3) is 0 Å². The molecule has 1 rings (SSSR count). The number of rotatable bonds is 7. The van der Waals surface area contributed by atoms with Crippen molar-refractivity contribution < 1.29 is 22.7 Å². The maximum Gasteiger partial charge on any atom is 0.223 e. The van der Waals surface area contributed by atoms with E-state index in [1.165, 1.54) is 4.90 Å². The highest BCUT2D eigenvalue weighted by atomic mass is 32.2. The van der Waals surface area contributed by atoms with Crippen molar-refractivity contribution in [1.29, 1.82) is 0 Å². The number of amides is 1. The molecular weight excluding hydrogens is 306 g/mol. The summed E-state index contributed by atoms with van der Waals surface area (Å²) in [7, 11) is 1.62. The second kappa shape index (κ2) is 7.49. The molecular formula is C15H23NO5S. The summed E-state index contributed by atoms with van der Waals surface area (Å²) in [5.41, 5.74) is 0.832. The van der Waals surface area contributed by atoms with Gasteiger partial charge < -0.3 is 14.4 Å². The van der Waals surface area contributed by atoms with E-state index in [1.54, 1.807) is 33.4 Å². The molecule has 7 heteroatoms. The van der Waals surface area contributed by atoms with Crippen LogP contribution in [-0.2, 0) is 14.6 Å². The molecule has 0 saturated heterocycles. The van der Waals surface area contributed by atoms with Gasteiger partial charge in [0.05, 0.1) is 26.0 Å². The Morgan fingerprint density at radius 1 is 1.27 bits per heavy atom. The number of nitrogens with zero attached hydrogens (tertiary/aromatic N) is 1. The second-order valence-corrected chi connectivity index (χ2v) is 7.43. The Bertz CT molecular complexity index is 627. The second-order valence-electron chi connectivity index (χ2n) is 5.17. The number of carbonyl (C=O) groups excluding carboxylic acids is 1. The van der Waals surface area contributed by atoms with Gasteiger partial charge in [0.1, 0.15) is 21.3 Å². The van der Waals surface area contributed by atoms with Crippen molar-refractivity contribution in [3.8, 4) is 11.5 Å². The molecule has 22 heavy (non-hydrogen) atoms. The molecule has 1 unspecified atom stereocenters. The minimum absolute atomic E-state index is 0.0296. The van der Waals surface area contributed by atoms with Crippen LogP contribution >= 0.6 is 0 Å². The number of hydrogen-bond donors (Lipinski definition) is 0. The van der Waals surface area contributed by atoms with Crippen molar-refractivity contribution in [3.63, 3.8) is 0 Å². The third-order valence-corrected chi connectivity index (χ3v) is 4.50. The molecule has 0 bridgehead atoms. The lowest BCUT2D eigenvalue weighted by Gasteiger charge is -2.27. The van der Waals surface area contributed by atoms with E-state index < -0.39 is 9.84 Å². The van der Waals surface area contributed by atoms with Crippen LogP contribution in [-0.4, -0.2) is 52.5 Å². The lowest BCUT2D eigenvalue weighted by atomic mass is 10.1. The standard InChI is InChI=1S/C15H23NO5S/c1-11(16(2)15(17)8-9-22(5,18)19)13-7-6-12(20-3)10-14(13)21-4/h6-7,10-11H,8-9H2,1-5H3. The van der Waals surface area contributed by atoms with Crippen molar-refractivity contribution in [2.75, 3.05) is 33.3 Å². The molecule has 1 amide bonds. The Labute approximate surface area is 131 Å². The largest absolute Gasteiger partial charge is 0.497 e. The Morgan fingerprint density at radius 2 is 1.91 bits per heavy atom. The molecule has 0 aliphatic carbocycles. The normalized spacial score (nSPS) is 12.6. The topological polar surface area (TPSA) is 72.9 Å². The summed E-state index contributed by atoms with van der Waals surface area (Å²) in [4.78, 5) is 13.6. The SMILES string of the molecule is COc1ccc(C(C)N(C)C(=O)CCS(C)(=O)=O)c(OC)c1. The van der Waals surface area contributed by atoms with Crippen molar-refractivity contribution in [2.45, 2.75) is 19.4 Å². The first-order chi connectivity index (χ1) is 10.2. The molecule has 0 aromatic heterocycles. The molecule has 1 aromatic rings. The number of carbonyl (C=O) groups is 1. The summed E-state index contributed by atoms with van der Waals surface area (Å²) in [5.74, 6) is 0.909. The van der Waals surface area contributed by atoms with Gasteiger partial charge in [0, 0.05) is 31.4 Å². The van der Waals surface area contributed by atoms with Gasteiger partial charge in [0.2, 0.25) is 5.91 Å². The minimum atomic E-state index is -3.15. The van der Waals surface area contributed by atoms with Crippen LogP contribution < -0.4 is 9.47 Å². The lowest BCUT2D eigenvalue weighted by Crippen LogP contribution is -2.31. The molecule has 124 valence electrons. The first-order valence-corrected chi connectivity index (χ1v) is 8.91. The Hall–Kier alpha value is -1.76. The van der Waals surface area contributed by atoms with Gasteiger partial charge in [-0.1, -0.05) is 0 Å². The lowest BCUT2D eigenvalue weighted by molar-refractivity contribution is -0.131. The highest BCUT2D eigenvalue weighted by Gasteiger charge is 2.21. The zero-order valence-electron chi connectivity index (χ0n) is 13.6. The van der Waals surface area contributed by atoms with Crippen LogP contribution in [0.5, 0.6) is 11.5 Å². The van der Waals surface area contributed by atoms with E-state index in [4.69, 9.17) is 9.47 Å². The summed E-state index contributed by atoms with van der Waals surface area (Å²) >= 11 is 0. The molecule has 0 radical (unpaired) electrons. The summed E-state index contributed by atoms with van der Waals surface area (Å²) in [6.45, 7) is 1.86. The fourth-order valence-electron chi connectivity index (χ4n) is 2.04. The fourth-order valence-corrected chi connectivity index (χ4v) is 2.58. The van der Waals surface area contributed by atoms with E-state index in [0.717, 1.165) is 11.8 Å². The van der Waals surface area contributed by atoms with Crippen molar-refractivity contribution in [1.82, 2.24) is 4.90 Å². The molecule has 0 saturated carbocycles. The van der Waals surface area contributed by atoms with Crippen molar-refractivity contribution in [2.24, 2.45) is 0 Å². The van der Waals surface area contributed by atoms with Gasteiger partial charge in [-0.2, -0.15) is 0 Å². The molecule has 1 atom stereocenters. The minimum Gasteiger partial charge on any atom is -0.497 e. The van der Waals surface area contributed by atoms with Crippen LogP contribution in [0, 0.1) is 0 Å². The first kappa shape index (κ1) is 18.3. The van der Waals surface area contributed by atoms with Crippen LogP contribution in [0.4, 0.5) is 0 Å². The van der Waals surface area contributed by atoms with Crippen LogP contribution in [0.3, 0.4) is 0 Å². The maximum absolute atomic E-state index is 12.1. The summed E-state index contributed by atoms with van der Waals surface area (Å²) < 4.78 is 32.8. The number of methoxy groups -OCH3 is 2. The number of ether oxygens (including phenoxy) is 2. The molecule has 0 aliphatic heterocycles. The highest BCUT2D eigenvalue weighted by Crippen LogP contribution is 2.32. The Balaban J connectivity index is 2.90. The van der Waals surface area contributed by atoms with Crippen molar-refractivity contribution in [3.05, 3.63) is 23.8 Å². The van der Waals surface area contributed by atoms with E-state index in [0.29, 0.717) is 11.5 Å². The zero-order chi connectivity index (χ0) is 16.9. The monoisotopic (exact) mass is 329 g/mol. The average Bonchev–Trinajstić information content (AvgIpc) is 2.49. The van der Waals surface area contributed by atoms with Crippen LogP contribution in [0.2, 0.25) is 0 Å². The summed E-state index contributed by atoms with van der Waals surface area (Å²) in [5, 5.41) is 0. The van der Waals surface area contributed by atoms with Gasteiger partial charge in [-0.3, -0.25) is 4.79 Å². The maximum atomic E-state index is 12.1. The van der Waals surface area contributed by atoms with Gasteiger partial charge in [0.15, 0.2) is 0 Å². The quantitative estimate of drug-likeness (QED) is 0.760. The predicted octanol–water partition coefficient (Wildman–Crippen LogP) is 1.66. The Kier molecular flexibility index (Phi) is 6.22. The zero-order valence-corrected chi connectivity index (χ0v) is 14.4. The summed E-state index contributed by atoms with van der Waals surface area (Å²) in [6, 6.07) is 5.14. The van der Waals surface area contributed by atoms with Gasteiger partial charge in [-0.25, -0.2) is 8.42 Å². The first-order valence-electron chi connectivity index (χ1n) is 6.85. The molecule has 0 aliphatic rings. The average molecular weight is 329 g/mol. The highest BCUT2D eigenvalue weighted by molar-refractivity contribution is 7.90. The van der Waals surface area contributed by atoms with Crippen LogP contribution in [0.25, 0.3) is 0 Å². The summed E-state index contributed by atoms with van der Waals surface area (Å²) in [6.07, 6.45) is 1.09. The van der Waals surface area contributed by atoms with E-state index >= 15 is 0 Å². The number of benzene rings is 1. The predicted molar refractivity (Wildman–Crippen MR) is 85.1 cm³/mol. The van der Waals surface area contributed by atoms with E-state index in [2.05, 4.69) is 0 Å². The van der Waals surface area contributed by atoms with Gasteiger partial charge in [-0.05, 0) is 19.1 Å². The number of sulfone groups is 1. The van der Waals surface area contributed by atoms with Gasteiger partial charge >= 0.3 is 0 Å². The van der Waals surface area contributed by atoms with Gasteiger partial charge in [-0.15, -0.1) is 0 Å². The van der Waals surface area contributed by atoms with E-state index in [9.17, 15) is 13.2 Å². The van der Waals surface area contributed by atoms with Crippen molar-refractivity contribution >= 4 is 15.7 Å². The molecule has 0 N–H and O–H groups in total. The van der Waals surface area contributed by atoms with E-state index in [-0.39, 0.29) is 24.1 Å². The third-order valence-electron chi connectivity index (χ3n) is 3.55. The van der Waals surface area contributed by atoms with Crippen LogP contribution in [0.15, 0.2) is 18.2 Å². The fraction of sp³-hybridized carbons (Fsp3) is 0.533. The molecule has 0 spiro atoms. The third kappa shape index (κ3) is 4.91. The smallest absolute Gasteiger partial charge is 0.223 e. The van der Waals surface area contributed by atoms with Crippen LogP contribution in [0.1, 0.15) is 24.9 Å². The molecule has 0 fully saturated rings. The molecule has 6 nitrogen and oxygen atoms in total. The number of hydrogen-bond acceptors (Lipinski definition) is 5. The molecule has 1 aromatic carbocycles. The Morgan fingerprint density at radius 3 is 2.41 bits per heavy atom.